The number of pyridine rings is 1. The minimum absolute atomic E-state index is 0.00174. The van der Waals surface area contributed by atoms with Crippen LogP contribution in [0.25, 0.3) is 22.0 Å². The van der Waals surface area contributed by atoms with Gasteiger partial charge in [0.25, 0.3) is 5.91 Å². The summed E-state index contributed by atoms with van der Waals surface area (Å²) >= 11 is 0. The fraction of sp³-hybridized carbons (Fsp3) is 0.125. The summed E-state index contributed by atoms with van der Waals surface area (Å²) in [6.07, 6.45) is 4.80. The van der Waals surface area contributed by atoms with E-state index in [1.165, 1.54) is 23.2 Å². The number of nitrogens with one attached hydrogen (secondary N) is 2. The number of piperazine rings is 1. The second-order valence-electron chi connectivity index (χ2n) is 8.17. The largest absolute Gasteiger partial charge is 0.353 e. The first-order chi connectivity index (χ1) is 17.3. The zero-order chi connectivity index (χ0) is 25.3. The van der Waals surface area contributed by atoms with Crippen LogP contribution in [0.3, 0.4) is 0 Å². The third-order valence-corrected chi connectivity index (χ3v) is 6.60. The van der Waals surface area contributed by atoms with E-state index in [-0.39, 0.29) is 23.3 Å². The van der Waals surface area contributed by atoms with Gasteiger partial charge in [0.1, 0.15) is 0 Å². The lowest BCUT2D eigenvalue weighted by Gasteiger charge is -2.26. The number of amides is 2. The number of sulfonamides is 1. The van der Waals surface area contributed by atoms with E-state index in [0.717, 1.165) is 10.9 Å². The molecule has 0 saturated carbocycles. The number of carbonyl (C=O) groups excluding carboxylic acids is 2. The van der Waals surface area contributed by atoms with Crippen molar-refractivity contribution in [2.75, 3.05) is 25.0 Å². The average Bonchev–Trinajstić information content (AvgIpc) is 2.88. The SMILES string of the molecule is NS(=O)(=O)c1ccc(Nc2ncc3cccc(-c4cncc(C(=O)N5CCNC(=O)C5)c4)c3n2)cc1. The standard InChI is InChI=1S/C24H21N7O4S/c25-36(34,35)19-6-4-18(5-7-19)29-24-28-13-15-2-1-3-20(22(15)30-24)16-10-17(12-26-11-16)23(33)31-9-8-27-21(32)14-31/h1-7,10-13H,8-9,14H2,(H,27,32)(H2,25,34,35)(H,28,29,30). The minimum Gasteiger partial charge on any atom is -0.353 e. The molecule has 0 bridgehead atoms. The Morgan fingerprint density at radius 1 is 1.08 bits per heavy atom. The average molecular weight is 504 g/mol. The summed E-state index contributed by atoms with van der Waals surface area (Å²) in [6, 6.07) is 13.3. The van der Waals surface area contributed by atoms with E-state index >= 15 is 0 Å². The lowest BCUT2D eigenvalue weighted by molar-refractivity contribution is -0.123. The molecular weight excluding hydrogens is 482 g/mol. The second kappa shape index (κ2) is 9.32. The van der Waals surface area contributed by atoms with Crippen LogP contribution in [0.1, 0.15) is 10.4 Å². The second-order valence-corrected chi connectivity index (χ2v) is 9.73. The van der Waals surface area contributed by atoms with E-state index < -0.39 is 10.0 Å². The predicted molar refractivity (Wildman–Crippen MR) is 133 cm³/mol. The van der Waals surface area contributed by atoms with Crippen molar-refractivity contribution in [1.29, 1.82) is 0 Å². The normalized spacial score (nSPS) is 13.9. The van der Waals surface area contributed by atoms with Gasteiger partial charge in [0.05, 0.1) is 22.5 Å². The molecule has 1 aliphatic heterocycles. The Bertz CT molecular complexity index is 1590. The molecule has 182 valence electrons. The van der Waals surface area contributed by atoms with Crippen molar-refractivity contribution in [1.82, 2.24) is 25.2 Å². The molecule has 12 heteroatoms. The van der Waals surface area contributed by atoms with Crippen LogP contribution in [0.15, 0.2) is 72.0 Å². The van der Waals surface area contributed by atoms with Gasteiger partial charge in [-0.05, 0) is 30.3 Å². The number of para-hydroxylation sites is 1. The van der Waals surface area contributed by atoms with E-state index in [4.69, 9.17) is 5.14 Å². The summed E-state index contributed by atoms with van der Waals surface area (Å²) in [6.45, 7) is 0.861. The molecule has 0 aliphatic carbocycles. The number of primary sulfonamides is 1. The molecule has 1 aliphatic rings. The van der Waals surface area contributed by atoms with Gasteiger partial charge in [-0.3, -0.25) is 14.6 Å². The highest BCUT2D eigenvalue weighted by molar-refractivity contribution is 7.89. The van der Waals surface area contributed by atoms with Crippen molar-refractivity contribution >= 4 is 44.4 Å². The first-order valence-corrected chi connectivity index (χ1v) is 12.5. The summed E-state index contributed by atoms with van der Waals surface area (Å²) in [7, 11) is -3.79. The number of aromatic nitrogens is 3. The highest BCUT2D eigenvalue weighted by Crippen LogP contribution is 2.28. The van der Waals surface area contributed by atoms with Crippen LogP contribution >= 0.6 is 0 Å². The van der Waals surface area contributed by atoms with Gasteiger partial charge in [0, 0.05) is 53.9 Å². The van der Waals surface area contributed by atoms with Crippen molar-refractivity contribution in [3.05, 3.63) is 72.7 Å². The van der Waals surface area contributed by atoms with Gasteiger partial charge < -0.3 is 15.5 Å². The van der Waals surface area contributed by atoms with E-state index in [1.54, 1.807) is 30.6 Å². The van der Waals surface area contributed by atoms with E-state index in [1.807, 2.05) is 18.2 Å². The van der Waals surface area contributed by atoms with Gasteiger partial charge in [-0.1, -0.05) is 18.2 Å². The molecule has 1 saturated heterocycles. The zero-order valence-corrected chi connectivity index (χ0v) is 19.7. The molecule has 2 amide bonds. The Hall–Kier alpha value is -4.42. The maximum atomic E-state index is 13.0. The maximum absolute atomic E-state index is 13.0. The Labute approximate surface area is 206 Å². The van der Waals surface area contributed by atoms with Crippen LogP contribution in [0.5, 0.6) is 0 Å². The molecule has 1 fully saturated rings. The van der Waals surface area contributed by atoms with Crippen LogP contribution < -0.4 is 15.8 Å². The summed E-state index contributed by atoms with van der Waals surface area (Å²) in [4.78, 5) is 39.4. The monoisotopic (exact) mass is 503 g/mol. The number of anilines is 2. The van der Waals surface area contributed by atoms with Gasteiger partial charge in [0.15, 0.2) is 0 Å². The van der Waals surface area contributed by atoms with Crippen LogP contribution in [0.2, 0.25) is 0 Å². The van der Waals surface area contributed by atoms with Crippen molar-refractivity contribution < 1.29 is 18.0 Å². The van der Waals surface area contributed by atoms with Crippen molar-refractivity contribution in [2.24, 2.45) is 5.14 Å². The molecule has 3 heterocycles. The molecule has 0 unspecified atom stereocenters. The fourth-order valence-electron chi connectivity index (χ4n) is 3.90. The minimum atomic E-state index is -3.79. The topological polar surface area (TPSA) is 160 Å². The number of hydrogen-bond acceptors (Lipinski definition) is 8. The molecule has 0 spiro atoms. The molecule has 11 nitrogen and oxygen atoms in total. The smallest absolute Gasteiger partial charge is 0.255 e. The van der Waals surface area contributed by atoms with Crippen LogP contribution in [-0.4, -0.2) is 59.7 Å². The van der Waals surface area contributed by atoms with Gasteiger partial charge in [-0.15, -0.1) is 0 Å². The third kappa shape index (κ3) is 4.85. The van der Waals surface area contributed by atoms with Crippen LogP contribution in [0.4, 0.5) is 11.6 Å². The summed E-state index contributed by atoms with van der Waals surface area (Å²) in [5.41, 5.74) is 3.04. The molecule has 4 N–H and O–H groups in total. The van der Waals surface area contributed by atoms with E-state index in [2.05, 4.69) is 25.6 Å². The Morgan fingerprint density at radius 3 is 2.64 bits per heavy atom. The predicted octanol–water partition coefficient (Wildman–Crippen LogP) is 1.65. The Kier molecular flexibility index (Phi) is 6.04. The molecular formula is C24H21N7O4S. The Morgan fingerprint density at radius 2 is 1.89 bits per heavy atom. The first-order valence-electron chi connectivity index (χ1n) is 10.9. The highest BCUT2D eigenvalue weighted by Gasteiger charge is 2.23. The van der Waals surface area contributed by atoms with Crippen molar-refractivity contribution in [3.63, 3.8) is 0 Å². The summed E-state index contributed by atoms with van der Waals surface area (Å²) in [5.74, 6) is -0.152. The lowest BCUT2D eigenvalue weighted by Crippen LogP contribution is -2.50. The van der Waals surface area contributed by atoms with Gasteiger partial charge in [0.2, 0.25) is 21.9 Å². The lowest BCUT2D eigenvalue weighted by atomic mass is 10.0. The van der Waals surface area contributed by atoms with Gasteiger partial charge in [-0.2, -0.15) is 0 Å². The van der Waals surface area contributed by atoms with Crippen LogP contribution in [0, 0.1) is 0 Å². The number of rotatable bonds is 5. The zero-order valence-electron chi connectivity index (χ0n) is 18.9. The maximum Gasteiger partial charge on any atom is 0.255 e. The molecule has 0 radical (unpaired) electrons. The van der Waals surface area contributed by atoms with E-state index in [9.17, 15) is 18.0 Å². The molecule has 36 heavy (non-hydrogen) atoms. The number of nitrogens with two attached hydrogens (primary N) is 1. The number of nitrogens with zero attached hydrogens (tertiary/aromatic N) is 4. The quantitative estimate of drug-likeness (QED) is 0.371. The highest BCUT2D eigenvalue weighted by atomic mass is 32.2. The molecule has 2 aromatic heterocycles. The Balaban J connectivity index is 1.46. The van der Waals surface area contributed by atoms with Crippen molar-refractivity contribution in [3.8, 4) is 11.1 Å². The molecule has 4 aromatic rings. The fourth-order valence-corrected chi connectivity index (χ4v) is 4.42. The van der Waals surface area contributed by atoms with Crippen molar-refractivity contribution in [2.45, 2.75) is 4.90 Å². The molecule has 0 atom stereocenters. The third-order valence-electron chi connectivity index (χ3n) is 5.67. The number of fused-ring (bicyclic) bond motifs is 1. The first kappa shape index (κ1) is 23.3. The number of hydrogen-bond donors (Lipinski definition) is 3. The summed E-state index contributed by atoms with van der Waals surface area (Å²) < 4.78 is 23.0. The van der Waals surface area contributed by atoms with Crippen LogP contribution in [-0.2, 0) is 14.8 Å². The van der Waals surface area contributed by atoms with Gasteiger partial charge >= 0.3 is 0 Å². The van der Waals surface area contributed by atoms with E-state index in [0.29, 0.717) is 41.4 Å². The number of benzene rings is 2. The molecule has 5 rings (SSSR count). The summed E-state index contributed by atoms with van der Waals surface area (Å²) in [5, 5.41) is 11.7. The van der Waals surface area contributed by atoms with Gasteiger partial charge in [-0.25, -0.2) is 23.5 Å². The molecule has 2 aromatic carbocycles. The number of carbonyl (C=O) groups is 2.